The SMILES string of the molecule is CCCCCCCCC=CCCCCCCCCOC(COCCN(CCO)CCO)C(OCCCCCCCCC=CCCCCCCCC)C(N)=O. The number of unbranched alkanes of at least 4 members (excludes halogenated alkanes) is 24. The highest BCUT2D eigenvalue weighted by Gasteiger charge is 2.28. The molecule has 0 aliphatic heterocycles. The van der Waals surface area contributed by atoms with E-state index in [9.17, 15) is 15.0 Å². The zero-order chi connectivity index (χ0) is 39.4. The van der Waals surface area contributed by atoms with Crippen molar-refractivity contribution < 1.29 is 29.2 Å². The lowest BCUT2D eigenvalue weighted by Crippen LogP contribution is -2.45. The number of amides is 1. The molecule has 0 aromatic carbocycles. The summed E-state index contributed by atoms with van der Waals surface area (Å²) < 4.78 is 18.2. The summed E-state index contributed by atoms with van der Waals surface area (Å²) in [6, 6.07) is 0. The molecule has 2 unspecified atom stereocenters. The number of nitrogens with two attached hydrogens (primary N) is 1. The molecule has 0 rings (SSSR count). The molecule has 0 fully saturated rings. The Labute approximate surface area is 334 Å². The minimum Gasteiger partial charge on any atom is -0.395 e. The lowest BCUT2D eigenvalue weighted by Gasteiger charge is -2.26. The minimum atomic E-state index is -0.853. The average molecular weight is 767 g/mol. The van der Waals surface area contributed by atoms with Crippen LogP contribution in [-0.2, 0) is 19.0 Å². The lowest BCUT2D eigenvalue weighted by molar-refractivity contribution is -0.148. The van der Waals surface area contributed by atoms with Gasteiger partial charge in [0, 0.05) is 32.8 Å². The molecule has 1 amide bonds. The van der Waals surface area contributed by atoms with Gasteiger partial charge >= 0.3 is 0 Å². The van der Waals surface area contributed by atoms with Crippen molar-refractivity contribution in [2.75, 3.05) is 59.3 Å². The van der Waals surface area contributed by atoms with Crippen molar-refractivity contribution in [3.8, 4) is 0 Å². The van der Waals surface area contributed by atoms with E-state index in [4.69, 9.17) is 19.9 Å². The molecule has 0 saturated carbocycles. The fourth-order valence-electron chi connectivity index (χ4n) is 6.75. The summed E-state index contributed by atoms with van der Waals surface area (Å²) in [5.74, 6) is -0.517. The molecular formula is C46H90N2O6. The quantitative estimate of drug-likeness (QED) is 0.0418. The van der Waals surface area contributed by atoms with Gasteiger partial charge in [0.1, 0.15) is 6.10 Å². The molecule has 0 aromatic heterocycles. The molecule has 4 N–H and O–H groups in total. The Bertz CT molecular complexity index is 804. The Morgan fingerprint density at radius 3 is 1.28 bits per heavy atom. The summed E-state index contributed by atoms with van der Waals surface area (Å²) in [6.45, 7) is 7.73. The van der Waals surface area contributed by atoms with Crippen LogP contribution >= 0.6 is 0 Å². The normalized spacial score (nSPS) is 13.2. The van der Waals surface area contributed by atoms with Crippen molar-refractivity contribution >= 4 is 5.91 Å². The molecule has 0 aromatic rings. The van der Waals surface area contributed by atoms with Crippen molar-refractivity contribution in [1.29, 1.82) is 0 Å². The first-order chi connectivity index (χ1) is 26.6. The third kappa shape index (κ3) is 37.6. The van der Waals surface area contributed by atoms with Gasteiger partial charge in [0.15, 0.2) is 6.10 Å². The second-order valence-electron chi connectivity index (χ2n) is 15.3. The summed E-state index contributed by atoms with van der Waals surface area (Å²) in [4.78, 5) is 14.5. The van der Waals surface area contributed by atoms with Crippen molar-refractivity contribution in [2.24, 2.45) is 5.73 Å². The van der Waals surface area contributed by atoms with Crippen molar-refractivity contribution in [3.05, 3.63) is 24.3 Å². The number of allylic oxidation sites excluding steroid dienone is 4. The maximum absolute atomic E-state index is 12.5. The average Bonchev–Trinajstić information content (AvgIpc) is 3.16. The molecule has 0 heterocycles. The molecule has 0 spiro atoms. The first kappa shape index (κ1) is 52.7. The third-order valence-electron chi connectivity index (χ3n) is 10.2. The van der Waals surface area contributed by atoms with Gasteiger partial charge < -0.3 is 30.2 Å². The number of carbonyl (C=O) groups is 1. The van der Waals surface area contributed by atoms with Gasteiger partial charge in [0.25, 0.3) is 0 Å². The molecule has 54 heavy (non-hydrogen) atoms. The molecule has 8 nitrogen and oxygen atoms in total. The van der Waals surface area contributed by atoms with Crippen molar-refractivity contribution in [3.63, 3.8) is 0 Å². The lowest BCUT2D eigenvalue weighted by atomic mass is 10.1. The Balaban J connectivity index is 4.37. The number of aliphatic hydroxyl groups excluding tert-OH is 2. The Kier molecular flexibility index (Phi) is 43.4. The number of aliphatic hydroxyl groups is 2. The van der Waals surface area contributed by atoms with Gasteiger partial charge in [-0.15, -0.1) is 0 Å². The first-order valence-electron chi connectivity index (χ1n) is 22.9. The van der Waals surface area contributed by atoms with Crippen LogP contribution in [0.4, 0.5) is 0 Å². The molecule has 0 aliphatic carbocycles. The van der Waals surface area contributed by atoms with Gasteiger partial charge in [-0.05, 0) is 64.2 Å². The predicted molar refractivity (Wildman–Crippen MR) is 229 cm³/mol. The van der Waals surface area contributed by atoms with Gasteiger partial charge in [0.05, 0.1) is 26.4 Å². The van der Waals surface area contributed by atoms with Crippen LogP contribution in [0.5, 0.6) is 0 Å². The molecule has 0 bridgehead atoms. The summed E-state index contributed by atoms with van der Waals surface area (Å²) in [6.07, 6.45) is 43.0. The predicted octanol–water partition coefficient (Wildman–Crippen LogP) is 10.6. The van der Waals surface area contributed by atoms with E-state index in [2.05, 4.69) is 38.2 Å². The number of rotatable bonds is 45. The van der Waals surface area contributed by atoms with E-state index in [1.807, 2.05) is 4.90 Å². The molecular weight excluding hydrogens is 677 g/mol. The molecule has 0 saturated heterocycles. The highest BCUT2D eigenvalue weighted by atomic mass is 16.6. The number of primary amides is 1. The van der Waals surface area contributed by atoms with Crippen LogP contribution in [-0.4, -0.2) is 92.5 Å². The van der Waals surface area contributed by atoms with Gasteiger partial charge in [0.2, 0.25) is 5.91 Å². The Morgan fingerprint density at radius 2 is 0.889 bits per heavy atom. The van der Waals surface area contributed by atoms with Crippen LogP contribution < -0.4 is 5.73 Å². The number of nitrogens with zero attached hydrogens (tertiary/aromatic N) is 1. The maximum Gasteiger partial charge on any atom is 0.249 e. The van der Waals surface area contributed by atoms with E-state index in [0.29, 0.717) is 39.5 Å². The summed E-state index contributed by atoms with van der Waals surface area (Å²) in [5, 5.41) is 18.6. The minimum absolute atomic E-state index is 0.0242. The number of hydrogen-bond acceptors (Lipinski definition) is 7. The Morgan fingerprint density at radius 1 is 0.519 bits per heavy atom. The van der Waals surface area contributed by atoms with Gasteiger partial charge in [-0.2, -0.15) is 0 Å². The summed E-state index contributed by atoms with van der Waals surface area (Å²) in [7, 11) is 0. The Hall–Kier alpha value is -1.29. The van der Waals surface area contributed by atoms with E-state index in [0.717, 1.165) is 25.7 Å². The van der Waals surface area contributed by atoms with Gasteiger partial charge in [-0.25, -0.2) is 0 Å². The highest BCUT2D eigenvalue weighted by molar-refractivity contribution is 5.79. The van der Waals surface area contributed by atoms with Gasteiger partial charge in [-0.3, -0.25) is 9.69 Å². The molecule has 0 radical (unpaired) electrons. The fraction of sp³-hybridized carbons (Fsp3) is 0.891. The molecule has 2 atom stereocenters. The molecule has 320 valence electrons. The monoisotopic (exact) mass is 767 g/mol. The van der Waals surface area contributed by atoms with Crippen LogP contribution in [0.1, 0.15) is 194 Å². The van der Waals surface area contributed by atoms with Crippen molar-refractivity contribution in [1.82, 2.24) is 4.90 Å². The van der Waals surface area contributed by atoms with E-state index >= 15 is 0 Å². The van der Waals surface area contributed by atoms with Crippen LogP contribution in [0.25, 0.3) is 0 Å². The highest BCUT2D eigenvalue weighted by Crippen LogP contribution is 2.14. The fourth-order valence-corrected chi connectivity index (χ4v) is 6.75. The maximum atomic E-state index is 12.5. The zero-order valence-corrected chi connectivity index (χ0v) is 35.7. The van der Waals surface area contributed by atoms with Gasteiger partial charge in [-0.1, -0.05) is 154 Å². The van der Waals surface area contributed by atoms with Crippen LogP contribution in [0.15, 0.2) is 24.3 Å². The second-order valence-corrected chi connectivity index (χ2v) is 15.3. The van der Waals surface area contributed by atoms with E-state index in [1.165, 1.54) is 154 Å². The van der Waals surface area contributed by atoms with Crippen LogP contribution in [0.3, 0.4) is 0 Å². The number of hydrogen-bond donors (Lipinski definition) is 3. The number of ether oxygens (including phenoxy) is 3. The topological polar surface area (TPSA) is 114 Å². The van der Waals surface area contributed by atoms with Crippen LogP contribution in [0.2, 0.25) is 0 Å². The van der Waals surface area contributed by atoms with E-state index < -0.39 is 18.1 Å². The largest absolute Gasteiger partial charge is 0.395 e. The number of carbonyl (C=O) groups excluding carboxylic acids is 1. The second kappa shape index (κ2) is 44.4. The summed E-state index contributed by atoms with van der Waals surface area (Å²) in [5.41, 5.74) is 5.83. The zero-order valence-electron chi connectivity index (χ0n) is 35.7. The summed E-state index contributed by atoms with van der Waals surface area (Å²) >= 11 is 0. The van der Waals surface area contributed by atoms with Crippen LogP contribution in [0, 0.1) is 0 Å². The third-order valence-corrected chi connectivity index (χ3v) is 10.2. The molecule has 0 aliphatic rings. The first-order valence-corrected chi connectivity index (χ1v) is 22.9. The smallest absolute Gasteiger partial charge is 0.249 e. The standard InChI is InChI=1S/C46H90N2O6/c1-3-5-7-9-11-13-15-17-19-21-23-25-27-29-31-33-40-53-44(43-52-42-37-48(35-38-49)36-39-50)45(46(47)51)54-41-34-32-30-28-26-24-22-20-18-16-14-12-10-8-6-4-2/h17-20,44-45,49-50H,3-16,21-43H2,1-2H3,(H2,47,51). The van der Waals surface area contributed by atoms with E-state index in [1.54, 1.807) is 0 Å². The molecule has 8 heteroatoms. The van der Waals surface area contributed by atoms with Crippen molar-refractivity contribution in [2.45, 2.75) is 206 Å². The van der Waals surface area contributed by atoms with E-state index in [-0.39, 0.29) is 19.8 Å².